The summed E-state index contributed by atoms with van der Waals surface area (Å²) >= 11 is 5.87. The van der Waals surface area contributed by atoms with E-state index in [-0.39, 0.29) is 11.8 Å². The van der Waals surface area contributed by atoms with Gasteiger partial charge in [0.2, 0.25) is 5.91 Å². The summed E-state index contributed by atoms with van der Waals surface area (Å²) in [6, 6.07) is 7.66. The molecule has 1 fully saturated rings. The van der Waals surface area contributed by atoms with Crippen LogP contribution in [0.1, 0.15) is 31.2 Å². The molecule has 0 unspecified atom stereocenters. The van der Waals surface area contributed by atoms with Crippen LogP contribution in [0.4, 0.5) is 0 Å². The van der Waals surface area contributed by atoms with Crippen LogP contribution in [-0.2, 0) is 11.3 Å². The Morgan fingerprint density at radius 3 is 2.40 bits per heavy atom. The summed E-state index contributed by atoms with van der Waals surface area (Å²) < 4.78 is 0. The molecule has 1 aliphatic carbocycles. The largest absolute Gasteiger partial charge is 0.341 e. The van der Waals surface area contributed by atoms with Gasteiger partial charge in [0, 0.05) is 24.5 Å². The monoisotopic (exact) mass is 294 g/mol. The van der Waals surface area contributed by atoms with Crippen LogP contribution in [-0.4, -0.2) is 24.4 Å². The van der Waals surface area contributed by atoms with Gasteiger partial charge < -0.3 is 10.6 Å². The molecule has 2 N–H and O–H groups in total. The van der Waals surface area contributed by atoms with Crippen molar-refractivity contribution >= 4 is 17.5 Å². The number of hydrogen-bond acceptors (Lipinski definition) is 2. The zero-order valence-corrected chi connectivity index (χ0v) is 12.8. The summed E-state index contributed by atoms with van der Waals surface area (Å²) in [6.07, 6.45) is 4.13. The van der Waals surface area contributed by atoms with Crippen LogP contribution < -0.4 is 5.73 Å². The molecule has 3 nitrogen and oxygen atoms in total. The number of amides is 1. The first kappa shape index (κ1) is 15.3. The second-order valence-corrected chi connectivity index (χ2v) is 6.21. The van der Waals surface area contributed by atoms with Crippen LogP contribution >= 0.6 is 11.6 Å². The SMILES string of the molecule is CN(Cc1ccc(Cl)cc1)C(=O)C1CCC(CN)CC1. The lowest BCUT2D eigenvalue weighted by atomic mass is 9.81. The second kappa shape index (κ2) is 7.09. The van der Waals surface area contributed by atoms with Gasteiger partial charge >= 0.3 is 0 Å². The van der Waals surface area contributed by atoms with Crippen LogP contribution in [0.3, 0.4) is 0 Å². The molecule has 2 rings (SSSR count). The Balaban J connectivity index is 1.87. The maximum Gasteiger partial charge on any atom is 0.225 e. The van der Waals surface area contributed by atoms with Crippen LogP contribution in [0.2, 0.25) is 5.02 Å². The standard InChI is InChI=1S/C16H23ClN2O/c1-19(11-13-4-8-15(17)9-5-13)16(20)14-6-2-12(10-18)3-7-14/h4-5,8-9,12,14H,2-3,6-7,10-11,18H2,1H3. The predicted molar refractivity (Wildman–Crippen MR) is 82.4 cm³/mol. The van der Waals surface area contributed by atoms with Crippen molar-refractivity contribution in [2.75, 3.05) is 13.6 Å². The smallest absolute Gasteiger partial charge is 0.225 e. The highest BCUT2D eigenvalue weighted by Gasteiger charge is 2.27. The molecule has 0 atom stereocenters. The van der Waals surface area contributed by atoms with Crippen molar-refractivity contribution in [1.82, 2.24) is 4.90 Å². The minimum absolute atomic E-state index is 0.176. The first-order valence-corrected chi connectivity index (χ1v) is 7.67. The van der Waals surface area contributed by atoms with E-state index < -0.39 is 0 Å². The van der Waals surface area contributed by atoms with Gasteiger partial charge in [-0.1, -0.05) is 23.7 Å². The molecule has 0 aliphatic heterocycles. The fourth-order valence-electron chi connectivity index (χ4n) is 2.90. The highest BCUT2D eigenvalue weighted by atomic mass is 35.5. The molecule has 0 radical (unpaired) electrons. The van der Waals surface area contributed by atoms with Crippen molar-refractivity contribution in [3.63, 3.8) is 0 Å². The van der Waals surface area contributed by atoms with Crippen molar-refractivity contribution in [3.8, 4) is 0 Å². The van der Waals surface area contributed by atoms with Gasteiger partial charge in [0.05, 0.1) is 0 Å². The van der Waals surface area contributed by atoms with E-state index >= 15 is 0 Å². The van der Waals surface area contributed by atoms with Crippen LogP contribution in [0.15, 0.2) is 24.3 Å². The Morgan fingerprint density at radius 2 is 1.85 bits per heavy atom. The second-order valence-electron chi connectivity index (χ2n) is 5.77. The average Bonchev–Trinajstić information content (AvgIpc) is 2.49. The lowest BCUT2D eigenvalue weighted by Gasteiger charge is -2.30. The summed E-state index contributed by atoms with van der Waals surface area (Å²) in [5, 5.41) is 0.725. The maximum atomic E-state index is 12.4. The Morgan fingerprint density at radius 1 is 1.25 bits per heavy atom. The maximum absolute atomic E-state index is 12.4. The third-order valence-corrected chi connectivity index (χ3v) is 4.49. The topological polar surface area (TPSA) is 46.3 Å². The summed E-state index contributed by atoms with van der Waals surface area (Å²) in [5.74, 6) is 1.05. The molecule has 4 heteroatoms. The van der Waals surface area contributed by atoms with Crippen molar-refractivity contribution in [3.05, 3.63) is 34.9 Å². The molecular weight excluding hydrogens is 272 g/mol. The fraction of sp³-hybridized carbons (Fsp3) is 0.562. The summed E-state index contributed by atoms with van der Waals surface area (Å²) in [4.78, 5) is 14.3. The lowest BCUT2D eigenvalue weighted by Crippen LogP contribution is -2.35. The summed E-state index contributed by atoms with van der Waals surface area (Å²) in [7, 11) is 1.88. The highest BCUT2D eigenvalue weighted by Crippen LogP contribution is 2.29. The molecule has 1 aromatic carbocycles. The molecule has 1 amide bonds. The lowest BCUT2D eigenvalue weighted by molar-refractivity contribution is -0.136. The number of nitrogens with two attached hydrogens (primary N) is 1. The number of nitrogens with zero attached hydrogens (tertiary/aromatic N) is 1. The Labute approximate surface area is 126 Å². The molecule has 1 saturated carbocycles. The number of rotatable bonds is 4. The molecular formula is C16H23ClN2O. The highest BCUT2D eigenvalue weighted by molar-refractivity contribution is 6.30. The Kier molecular flexibility index (Phi) is 5.44. The first-order chi connectivity index (χ1) is 9.60. The van der Waals surface area contributed by atoms with E-state index in [0.29, 0.717) is 12.5 Å². The van der Waals surface area contributed by atoms with Gasteiger partial charge in [0.25, 0.3) is 0 Å². The molecule has 20 heavy (non-hydrogen) atoms. The number of carbonyl (C=O) groups is 1. The Bertz CT molecular complexity index is 438. The quantitative estimate of drug-likeness (QED) is 0.928. The van der Waals surface area contributed by atoms with Crippen LogP contribution in [0.5, 0.6) is 0 Å². The molecule has 1 aliphatic rings. The van der Waals surface area contributed by atoms with Gasteiger partial charge in [-0.25, -0.2) is 0 Å². The predicted octanol–water partition coefficient (Wildman–Crippen LogP) is 3.06. The molecule has 0 saturated heterocycles. The minimum atomic E-state index is 0.176. The zero-order chi connectivity index (χ0) is 14.5. The van der Waals surface area contributed by atoms with Crippen molar-refractivity contribution in [2.45, 2.75) is 32.2 Å². The molecule has 0 bridgehead atoms. The number of hydrogen-bond donors (Lipinski definition) is 1. The molecule has 0 heterocycles. The van der Waals surface area contributed by atoms with E-state index in [9.17, 15) is 4.79 Å². The van der Waals surface area contributed by atoms with E-state index in [4.69, 9.17) is 17.3 Å². The van der Waals surface area contributed by atoms with Gasteiger partial charge in [-0.15, -0.1) is 0 Å². The average molecular weight is 295 g/mol. The zero-order valence-electron chi connectivity index (χ0n) is 12.0. The van der Waals surface area contributed by atoms with Gasteiger partial charge in [0.1, 0.15) is 0 Å². The van der Waals surface area contributed by atoms with E-state index in [1.165, 1.54) is 0 Å². The summed E-state index contributed by atoms with van der Waals surface area (Å²) in [5.41, 5.74) is 6.80. The fourth-order valence-corrected chi connectivity index (χ4v) is 3.02. The molecule has 0 spiro atoms. The van der Waals surface area contributed by atoms with Gasteiger partial charge in [-0.05, 0) is 55.8 Å². The third kappa shape index (κ3) is 3.97. The van der Waals surface area contributed by atoms with Gasteiger partial charge in [-0.3, -0.25) is 4.79 Å². The number of benzene rings is 1. The van der Waals surface area contributed by atoms with E-state index in [2.05, 4.69) is 0 Å². The Hall–Kier alpha value is -1.06. The van der Waals surface area contributed by atoms with Gasteiger partial charge in [-0.2, -0.15) is 0 Å². The third-order valence-electron chi connectivity index (χ3n) is 4.24. The molecule has 1 aromatic rings. The normalized spacial score (nSPS) is 22.6. The van der Waals surface area contributed by atoms with Crippen LogP contribution in [0.25, 0.3) is 0 Å². The summed E-state index contributed by atoms with van der Waals surface area (Å²) in [6.45, 7) is 1.40. The van der Waals surface area contributed by atoms with E-state index in [1.54, 1.807) is 0 Å². The van der Waals surface area contributed by atoms with Crippen molar-refractivity contribution < 1.29 is 4.79 Å². The first-order valence-electron chi connectivity index (χ1n) is 7.29. The number of halogens is 1. The van der Waals surface area contributed by atoms with Gasteiger partial charge in [0.15, 0.2) is 0 Å². The van der Waals surface area contributed by atoms with Crippen LogP contribution in [0, 0.1) is 11.8 Å². The minimum Gasteiger partial charge on any atom is -0.341 e. The number of carbonyl (C=O) groups excluding carboxylic acids is 1. The molecule has 0 aromatic heterocycles. The van der Waals surface area contributed by atoms with E-state index in [0.717, 1.165) is 42.8 Å². The van der Waals surface area contributed by atoms with E-state index in [1.807, 2.05) is 36.2 Å². The van der Waals surface area contributed by atoms with Crippen molar-refractivity contribution in [2.24, 2.45) is 17.6 Å². The van der Waals surface area contributed by atoms with Crippen molar-refractivity contribution in [1.29, 1.82) is 0 Å². The molecule has 110 valence electrons.